The van der Waals surface area contributed by atoms with Crippen LogP contribution < -0.4 is 5.32 Å². The van der Waals surface area contributed by atoms with Crippen LogP contribution >= 0.6 is 0 Å². The molecule has 6 nitrogen and oxygen atoms in total. The predicted octanol–water partition coefficient (Wildman–Crippen LogP) is 3.20. The molecule has 0 aliphatic rings. The van der Waals surface area contributed by atoms with E-state index in [0.29, 0.717) is 12.0 Å². The summed E-state index contributed by atoms with van der Waals surface area (Å²) in [6.07, 6.45) is 5.45. The Labute approximate surface area is 166 Å². The molecule has 2 unspecified atom stereocenters. The first-order chi connectivity index (χ1) is 12.5. The second-order valence-corrected chi connectivity index (χ2v) is 9.46. The van der Waals surface area contributed by atoms with Crippen LogP contribution in [0.25, 0.3) is 0 Å². The molecule has 160 valence electrons. The third kappa shape index (κ3) is 10.9. The molecule has 0 aliphatic carbocycles. The van der Waals surface area contributed by atoms with Crippen molar-refractivity contribution in [3.05, 3.63) is 12.2 Å². The number of nitrogens with zero attached hydrogens (tertiary/aromatic N) is 1. The Bertz CT molecular complexity index is 552. The molecule has 1 N–H and O–H groups in total. The summed E-state index contributed by atoms with van der Waals surface area (Å²) < 4.78 is 34.2. The molecule has 0 aromatic rings. The highest BCUT2D eigenvalue weighted by Crippen LogP contribution is 2.22. The van der Waals surface area contributed by atoms with Gasteiger partial charge in [-0.25, -0.2) is 8.42 Å². The summed E-state index contributed by atoms with van der Waals surface area (Å²) in [5.41, 5.74) is 0.494. The molecule has 0 spiro atoms. The van der Waals surface area contributed by atoms with Crippen LogP contribution in [0.3, 0.4) is 0 Å². The van der Waals surface area contributed by atoms with Crippen molar-refractivity contribution < 1.29 is 22.2 Å². The summed E-state index contributed by atoms with van der Waals surface area (Å²) in [7, 11) is -4.20. The molecule has 1 amide bonds. The number of rotatable bonds is 15. The highest BCUT2D eigenvalue weighted by molar-refractivity contribution is 7.85. The first-order valence-electron chi connectivity index (χ1n) is 10.2. The molecule has 7 heteroatoms. The van der Waals surface area contributed by atoms with Crippen LogP contribution in [0.4, 0.5) is 0 Å². The summed E-state index contributed by atoms with van der Waals surface area (Å²) >= 11 is 0. The third-order valence-electron chi connectivity index (χ3n) is 5.41. The molecule has 2 atom stereocenters. The Morgan fingerprint density at radius 2 is 1.59 bits per heavy atom. The van der Waals surface area contributed by atoms with E-state index in [1.165, 1.54) is 0 Å². The molecular formula is C20H40N2O4S. The van der Waals surface area contributed by atoms with Crippen LogP contribution in [0.1, 0.15) is 73.1 Å². The van der Waals surface area contributed by atoms with Crippen molar-refractivity contribution in [1.82, 2.24) is 5.32 Å². The van der Waals surface area contributed by atoms with Gasteiger partial charge in [-0.05, 0) is 33.6 Å². The Morgan fingerprint density at radius 1 is 1.07 bits per heavy atom. The zero-order chi connectivity index (χ0) is 21.1. The number of carbonyl (C=O) groups excluding carboxylic acids is 1. The SMILES string of the molecule is C=C(C)C(=O)NC(C)CC[N+](CCCC)(CCCC)C(C)CCS(=O)(=O)[O-]. The standard InChI is InChI=1S/C20H40N2O4S/c1-7-9-13-22(14-10-8-2,19(6)12-16-27(24,25)26)15-11-18(5)21-20(23)17(3)4/h18-19H,3,7-16H2,1-2,4-6H3,(H-,21,23,24,25,26). The van der Waals surface area contributed by atoms with Crippen molar-refractivity contribution in [2.45, 2.75) is 85.2 Å². The monoisotopic (exact) mass is 404 g/mol. The molecule has 0 radical (unpaired) electrons. The average molecular weight is 405 g/mol. The van der Waals surface area contributed by atoms with Crippen molar-refractivity contribution in [3.8, 4) is 0 Å². The summed E-state index contributed by atoms with van der Waals surface area (Å²) in [6.45, 7) is 16.5. The number of unbranched alkanes of at least 4 members (excludes halogenated alkanes) is 2. The van der Waals surface area contributed by atoms with Gasteiger partial charge in [0.2, 0.25) is 5.91 Å². The van der Waals surface area contributed by atoms with E-state index in [4.69, 9.17) is 0 Å². The normalized spacial score (nSPS) is 14.6. The van der Waals surface area contributed by atoms with E-state index in [9.17, 15) is 17.8 Å². The van der Waals surface area contributed by atoms with Gasteiger partial charge in [0.15, 0.2) is 0 Å². The van der Waals surface area contributed by atoms with E-state index in [1.807, 2.05) is 6.92 Å². The van der Waals surface area contributed by atoms with Gasteiger partial charge < -0.3 is 14.4 Å². The zero-order valence-corrected chi connectivity index (χ0v) is 18.7. The van der Waals surface area contributed by atoms with Crippen molar-refractivity contribution in [2.75, 3.05) is 25.4 Å². The fourth-order valence-corrected chi connectivity index (χ4v) is 4.03. The zero-order valence-electron chi connectivity index (χ0n) is 17.9. The Hall–Kier alpha value is -0.920. The van der Waals surface area contributed by atoms with Crippen LogP contribution in [0.2, 0.25) is 0 Å². The smallest absolute Gasteiger partial charge is 0.246 e. The number of carbonyl (C=O) groups is 1. The molecule has 0 bridgehead atoms. The maximum absolute atomic E-state index is 11.9. The molecule has 0 aromatic carbocycles. The van der Waals surface area contributed by atoms with E-state index >= 15 is 0 Å². The Balaban J connectivity index is 5.25. The van der Waals surface area contributed by atoms with E-state index in [0.717, 1.165) is 56.2 Å². The first-order valence-corrected chi connectivity index (χ1v) is 11.8. The number of nitrogens with one attached hydrogen (secondary N) is 1. The summed E-state index contributed by atoms with van der Waals surface area (Å²) in [6, 6.07) is 0.112. The van der Waals surface area contributed by atoms with Gasteiger partial charge in [-0.2, -0.15) is 0 Å². The lowest BCUT2D eigenvalue weighted by molar-refractivity contribution is -0.950. The van der Waals surface area contributed by atoms with E-state index in [-0.39, 0.29) is 23.7 Å². The van der Waals surface area contributed by atoms with Crippen LogP contribution in [0, 0.1) is 0 Å². The van der Waals surface area contributed by atoms with Gasteiger partial charge in [-0.1, -0.05) is 33.3 Å². The minimum Gasteiger partial charge on any atom is -0.748 e. The van der Waals surface area contributed by atoms with Gasteiger partial charge in [-0.15, -0.1) is 0 Å². The number of amides is 1. The van der Waals surface area contributed by atoms with Gasteiger partial charge in [0.25, 0.3) is 0 Å². The van der Waals surface area contributed by atoms with Gasteiger partial charge in [-0.3, -0.25) is 4.79 Å². The van der Waals surface area contributed by atoms with Gasteiger partial charge in [0, 0.05) is 30.2 Å². The quantitative estimate of drug-likeness (QED) is 0.258. The molecule has 0 aliphatic heterocycles. The third-order valence-corrected chi connectivity index (χ3v) is 6.14. The lowest BCUT2D eigenvalue weighted by Crippen LogP contribution is -2.57. The second-order valence-electron chi connectivity index (χ2n) is 7.94. The van der Waals surface area contributed by atoms with E-state index in [2.05, 4.69) is 32.7 Å². The van der Waals surface area contributed by atoms with Crippen LogP contribution in [0.5, 0.6) is 0 Å². The topological polar surface area (TPSA) is 86.3 Å². The molecular weight excluding hydrogens is 364 g/mol. The van der Waals surface area contributed by atoms with Crippen molar-refractivity contribution in [1.29, 1.82) is 0 Å². The maximum Gasteiger partial charge on any atom is 0.246 e. The van der Waals surface area contributed by atoms with Gasteiger partial charge >= 0.3 is 0 Å². The minimum atomic E-state index is -4.20. The highest BCUT2D eigenvalue weighted by atomic mass is 32.2. The molecule has 0 fully saturated rings. The molecule has 0 saturated heterocycles. The van der Waals surface area contributed by atoms with Crippen molar-refractivity contribution >= 4 is 16.0 Å². The fraction of sp³-hybridized carbons (Fsp3) is 0.850. The van der Waals surface area contributed by atoms with Gasteiger partial charge in [0.05, 0.1) is 35.8 Å². The molecule has 27 heavy (non-hydrogen) atoms. The number of hydrogen-bond donors (Lipinski definition) is 1. The summed E-state index contributed by atoms with van der Waals surface area (Å²) in [4.78, 5) is 11.9. The Morgan fingerprint density at radius 3 is 2.00 bits per heavy atom. The lowest BCUT2D eigenvalue weighted by Gasteiger charge is -2.45. The molecule has 0 heterocycles. The van der Waals surface area contributed by atoms with Crippen LogP contribution in [0.15, 0.2) is 12.2 Å². The number of hydrogen-bond acceptors (Lipinski definition) is 4. The fourth-order valence-electron chi connectivity index (χ4n) is 3.40. The van der Waals surface area contributed by atoms with E-state index < -0.39 is 10.1 Å². The summed E-state index contributed by atoms with van der Waals surface area (Å²) in [5.74, 6) is -0.442. The molecule has 0 rings (SSSR count). The molecule has 0 saturated carbocycles. The lowest BCUT2D eigenvalue weighted by atomic mass is 10.0. The summed E-state index contributed by atoms with van der Waals surface area (Å²) in [5, 5.41) is 2.96. The van der Waals surface area contributed by atoms with Crippen LogP contribution in [-0.2, 0) is 14.9 Å². The van der Waals surface area contributed by atoms with Gasteiger partial charge in [0.1, 0.15) is 0 Å². The number of quaternary nitrogens is 1. The average Bonchev–Trinajstić information content (AvgIpc) is 2.58. The van der Waals surface area contributed by atoms with E-state index in [1.54, 1.807) is 6.92 Å². The second kappa shape index (κ2) is 12.5. The molecule has 0 aromatic heterocycles. The van der Waals surface area contributed by atoms with Crippen molar-refractivity contribution in [2.24, 2.45) is 0 Å². The predicted molar refractivity (Wildman–Crippen MR) is 110 cm³/mol. The maximum atomic E-state index is 11.9. The van der Waals surface area contributed by atoms with Crippen molar-refractivity contribution in [3.63, 3.8) is 0 Å². The van der Waals surface area contributed by atoms with Crippen LogP contribution in [-0.4, -0.2) is 60.8 Å². The first kappa shape index (κ1) is 26.1. The highest BCUT2D eigenvalue weighted by Gasteiger charge is 2.33. The largest absolute Gasteiger partial charge is 0.748 e. The minimum absolute atomic E-state index is 0.0189. The Kier molecular flexibility index (Phi) is 12.1.